The fraction of sp³-hybridized carbons (Fsp3) is 0.438. The molecule has 0 fully saturated rings. The van der Waals surface area contributed by atoms with Crippen molar-refractivity contribution in [3.8, 4) is 0 Å². The standard InChI is InChI=1S/C16H24O2/c1-2-3-4-5-7-10-13-16(18)14-11-8-6-9-12-15-17/h6-12,14-16,18H,2-5,13H2,1H3/b8-6+,10-7-,12-9-,14-11+. The van der Waals surface area contributed by atoms with Gasteiger partial charge >= 0.3 is 0 Å². The summed E-state index contributed by atoms with van der Waals surface area (Å²) >= 11 is 0. The van der Waals surface area contributed by atoms with Gasteiger partial charge in [-0.25, -0.2) is 0 Å². The second-order valence-corrected chi connectivity index (χ2v) is 4.06. The van der Waals surface area contributed by atoms with Crippen LogP contribution in [0.3, 0.4) is 0 Å². The fourth-order valence-electron chi connectivity index (χ4n) is 1.37. The topological polar surface area (TPSA) is 37.3 Å². The smallest absolute Gasteiger partial charge is 0.142 e. The Hall–Kier alpha value is -1.41. The van der Waals surface area contributed by atoms with Gasteiger partial charge in [-0.2, -0.15) is 0 Å². The third kappa shape index (κ3) is 12.7. The Kier molecular flexibility index (Phi) is 12.6. The largest absolute Gasteiger partial charge is 0.389 e. The van der Waals surface area contributed by atoms with Gasteiger partial charge in [0.25, 0.3) is 0 Å². The quantitative estimate of drug-likeness (QED) is 0.210. The summed E-state index contributed by atoms with van der Waals surface area (Å²) in [5.74, 6) is 0. The summed E-state index contributed by atoms with van der Waals surface area (Å²) in [4.78, 5) is 9.97. The van der Waals surface area contributed by atoms with E-state index in [1.54, 1.807) is 30.4 Å². The monoisotopic (exact) mass is 248 g/mol. The maximum atomic E-state index is 9.97. The van der Waals surface area contributed by atoms with Gasteiger partial charge in [-0.3, -0.25) is 4.79 Å². The molecule has 100 valence electrons. The van der Waals surface area contributed by atoms with Gasteiger partial charge in [0.1, 0.15) is 6.29 Å². The normalized spacial score (nSPS) is 14.3. The molecule has 1 N–H and O–H groups in total. The summed E-state index contributed by atoms with van der Waals surface area (Å²) in [6.07, 6.45) is 20.1. The Labute approximate surface area is 110 Å². The lowest BCUT2D eigenvalue weighted by atomic mass is 10.1. The molecule has 0 rings (SSSR count). The number of unbranched alkanes of at least 4 members (excludes halogenated alkanes) is 3. The van der Waals surface area contributed by atoms with Crippen LogP contribution in [-0.2, 0) is 4.79 Å². The lowest BCUT2D eigenvalue weighted by Gasteiger charge is -1.99. The molecule has 0 bridgehead atoms. The molecule has 0 aliphatic rings. The predicted octanol–water partition coefficient (Wildman–Crippen LogP) is 3.74. The van der Waals surface area contributed by atoms with Crippen LogP contribution < -0.4 is 0 Å². The predicted molar refractivity (Wildman–Crippen MR) is 77.4 cm³/mol. The first-order chi connectivity index (χ1) is 8.81. The summed E-state index contributed by atoms with van der Waals surface area (Å²) in [5, 5.41) is 9.61. The molecule has 0 aromatic rings. The highest BCUT2D eigenvalue weighted by atomic mass is 16.3. The van der Waals surface area contributed by atoms with E-state index in [0.717, 1.165) is 12.7 Å². The van der Waals surface area contributed by atoms with E-state index < -0.39 is 6.10 Å². The van der Waals surface area contributed by atoms with Crippen molar-refractivity contribution in [2.24, 2.45) is 0 Å². The first-order valence-electron chi connectivity index (χ1n) is 6.59. The molecule has 1 unspecified atom stereocenters. The van der Waals surface area contributed by atoms with Crippen molar-refractivity contribution in [3.05, 3.63) is 48.6 Å². The number of aliphatic hydroxyl groups excluding tert-OH is 1. The zero-order valence-corrected chi connectivity index (χ0v) is 11.2. The molecule has 0 saturated carbocycles. The molecule has 2 nitrogen and oxygen atoms in total. The number of rotatable bonds is 10. The Morgan fingerprint density at radius 1 is 1.00 bits per heavy atom. The summed E-state index contributed by atoms with van der Waals surface area (Å²) in [6.45, 7) is 2.19. The SMILES string of the molecule is CCCCC/C=C\CC(O)/C=C/C=C/C=C\C=O. The maximum Gasteiger partial charge on any atom is 0.142 e. The van der Waals surface area contributed by atoms with Gasteiger partial charge in [-0.15, -0.1) is 0 Å². The van der Waals surface area contributed by atoms with Gasteiger partial charge < -0.3 is 5.11 Å². The third-order valence-corrected chi connectivity index (χ3v) is 2.37. The maximum absolute atomic E-state index is 9.97. The van der Waals surface area contributed by atoms with Gasteiger partial charge in [0.2, 0.25) is 0 Å². The third-order valence-electron chi connectivity index (χ3n) is 2.37. The van der Waals surface area contributed by atoms with E-state index in [2.05, 4.69) is 13.0 Å². The minimum absolute atomic E-state index is 0.438. The van der Waals surface area contributed by atoms with Crippen LogP contribution in [0, 0.1) is 0 Å². The van der Waals surface area contributed by atoms with Crippen LogP contribution in [0.15, 0.2) is 48.6 Å². The van der Waals surface area contributed by atoms with E-state index in [9.17, 15) is 9.90 Å². The Bertz CT molecular complexity index is 298. The first kappa shape index (κ1) is 16.6. The van der Waals surface area contributed by atoms with Crippen LogP contribution in [0.2, 0.25) is 0 Å². The summed E-state index contributed by atoms with van der Waals surface area (Å²) in [5.41, 5.74) is 0. The molecule has 0 amide bonds. The van der Waals surface area contributed by atoms with Crippen LogP contribution in [0.5, 0.6) is 0 Å². The number of aldehydes is 1. The van der Waals surface area contributed by atoms with Crippen molar-refractivity contribution < 1.29 is 9.90 Å². The number of hydrogen-bond donors (Lipinski definition) is 1. The van der Waals surface area contributed by atoms with Crippen LogP contribution in [0.25, 0.3) is 0 Å². The summed E-state index contributed by atoms with van der Waals surface area (Å²) in [6, 6.07) is 0. The molecule has 0 saturated heterocycles. The average Bonchev–Trinajstić information content (AvgIpc) is 2.38. The van der Waals surface area contributed by atoms with Gasteiger partial charge in [0.15, 0.2) is 0 Å². The molecule has 0 aliphatic heterocycles. The van der Waals surface area contributed by atoms with Crippen LogP contribution >= 0.6 is 0 Å². The average molecular weight is 248 g/mol. The van der Waals surface area contributed by atoms with Crippen molar-refractivity contribution >= 4 is 6.29 Å². The zero-order chi connectivity index (χ0) is 13.5. The van der Waals surface area contributed by atoms with E-state index >= 15 is 0 Å². The van der Waals surface area contributed by atoms with Crippen molar-refractivity contribution in [1.29, 1.82) is 0 Å². The lowest BCUT2D eigenvalue weighted by molar-refractivity contribution is -0.104. The second kappa shape index (κ2) is 13.7. The minimum atomic E-state index is -0.438. The van der Waals surface area contributed by atoms with E-state index in [1.165, 1.54) is 25.3 Å². The van der Waals surface area contributed by atoms with E-state index in [-0.39, 0.29) is 0 Å². The van der Waals surface area contributed by atoms with E-state index in [1.807, 2.05) is 6.08 Å². The molecule has 1 atom stereocenters. The highest BCUT2D eigenvalue weighted by molar-refractivity contribution is 5.65. The highest BCUT2D eigenvalue weighted by Crippen LogP contribution is 2.02. The van der Waals surface area contributed by atoms with E-state index in [0.29, 0.717) is 6.42 Å². The number of aliphatic hydroxyl groups is 1. The lowest BCUT2D eigenvalue weighted by Crippen LogP contribution is -1.98. The van der Waals surface area contributed by atoms with Crippen molar-refractivity contribution in [2.45, 2.75) is 45.1 Å². The van der Waals surface area contributed by atoms with Crippen LogP contribution in [-0.4, -0.2) is 17.5 Å². The number of carbonyl (C=O) groups excluding carboxylic acids is 1. The molecule has 0 spiro atoms. The molecule has 0 heterocycles. The molecule has 18 heavy (non-hydrogen) atoms. The highest BCUT2D eigenvalue weighted by Gasteiger charge is 1.92. The number of hydrogen-bond acceptors (Lipinski definition) is 2. The first-order valence-corrected chi connectivity index (χ1v) is 6.59. The van der Waals surface area contributed by atoms with Crippen molar-refractivity contribution in [3.63, 3.8) is 0 Å². The fourth-order valence-corrected chi connectivity index (χ4v) is 1.37. The van der Waals surface area contributed by atoms with Crippen LogP contribution in [0.4, 0.5) is 0 Å². The van der Waals surface area contributed by atoms with Gasteiger partial charge in [0.05, 0.1) is 6.10 Å². The Balaban J connectivity index is 3.66. The van der Waals surface area contributed by atoms with Gasteiger partial charge in [0, 0.05) is 0 Å². The summed E-state index contributed by atoms with van der Waals surface area (Å²) in [7, 11) is 0. The Morgan fingerprint density at radius 3 is 2.44 bits per heavy atom. The summed E-state index contributed by atoms with van der Waals surface area (Å²) < 4.78 is 0. The Morgan fingerprint density at radius 2 is 1.72 bits per heavy atom. The molecule has 0 aromatic carbocycles. The van der Waals surface area contributed by atoms with Gasteiger partial charge in [-0.1, -0.05) is 62.3 Å². The second-order valence-electron chi connectivity index (χ2n) is 4.06. The van der Waals surface area contributed by atoms with Crippen LogP contribution in [0.1, 0.15) is 39.0 Å². The van der Waals surface area contributed by atoms with Crippen molar-refractivity contribution in [1.82, 2.24) is 0 Å². The minimum Gasteiger partial charge on any atom is -0.389 e. The van der Waals surface area contributed by atoms with Gasteiger partial charge in [-0.05, 0) is 25.3 Å². The molecule has 0 aliphatic carbocycles. The molecule has 0 aromatic heterocycles. The van der Waals surface area contributed by atoms with E-state index in [4.69, 9.17) is 0 Å². The molecular formula is C16H24O2. The number of allylic oxidation sites excluding steroid dienone is 6. The zero-order valence-electron chi connectivity index (χ0n) is 11.2. The van der Waals surface area contributed by atoms with Crippen molar-refractivity contribution in [2.75, 3.05) is 0 Å². The molecule has 2 heteroatoms. The molecular weight excluding hydrogens is 224 g/mol. The number of carbonyl (C=O) groups is 1. The molecule has 0 radical (unpaired) electrons.